The third kappa shape index (κ3) is 1.16. The van der Waals surface area contributed by atoms with E-state index in [2.05, 4.69) is 32.4 Å². The third-order valence-corrected chi connectivity index (χ3v) is 1.29. The van der Waals surface area contributed by atoms with E-state index in [-0.39, 0.29) is 0 Å². The Hall–Kier alpha value is -0.650. The molecule has 0 aromatic rings. The van der Waals surface area contributed by atoms with Crippen LogP contribution in [0.5, 0.6) is 0 Å². The molecule has 8 heavy (non-hydrogen) atoms. The smallest absolute Gasteiger partial charge is 0.0397 e. The van der Waals surface area contributed by atoms with E-state index < -0.39 is 0 Å². The first kappa shape index (κ1) is 5.49. The van der Waals surface area contributed by atoms with Crippen molar-refractivity contribution >= 4 is 0 Å². The summed E-state index contributed by atoms with van der Waals surface area (Å²) < 4.78 is 0. The monoisotopic (exact) mass is 107 g/mol. The molecule has 0 N–H and O–H groups in total. The summed E-state index contributed by atoms with van der Waals surface area (Å²) in [5.74, 6) is 0. The molecule has 0 heteroatoms. The summed E-state index contributed by atoms with van der Waals surface area (Å²) in [5.41, 5.74) is 2.83. The Kier molecular flexibility index (Phi) is 1.43. The van der Waals surface area contributed by atoms with Crippen molar-refractivity contribution in [3.05, 3.63) is 29.7 Å². The van der Waals surface area contributed by atoms with Gasteiger partial charge in [-0.15, -0.1) is 0 Å². The van der Waals surface area contributed by atoms with E-state index in [9.17, 15) is 0 Å². The summed E-state index contributed by atoms with van der Waals surface area (Å²) in [4.78, 5) is 0. The lowest BCUT2D eigenvalue weighted by atomic mass is 10.0. The molecule has 0 aromatic heterocycles. The zero-order valence-corrected chi connectivity index (χ0v) is 5.44. The fourth-order valence-electron chi connectivity index (χ4n) is 0.926. The molecule has 0 nitrogen and oxygen atoms in total. The Morgan fingerprint density at radius 2 is 2.25 bits per heavy atom. The lowest BCUT2D eigenvalue weighted by Crippen LogP contribution is -1.85. The van der Waals surface area contributed by atoms with Crippen LogP contribution in [0.4, 0.5) is 0 Å². The first-order chi connectivity index (χ1) is 3.79. The van der Waals surface area contributed by atoms with Gasteiger partial charge in [0.05, 0.1) is 18.1 Å². The highest BCUT2D eigenvalue weighted by atomic mass is 14.0. The van der Waals surface area contributed by atoms with Gasteiger partial charge in [0, 0.05) is 19.4 Å². The molecule has 0 radical (unpaired) electrons. The van der Waals surface area contributed by atoms with E-state index in [1.54, 1.807) is 0 Å². The number of hydrogen-bond donors (Lipinski definition) is 0. The Morgan fingerprint density at radius 1 is 1.50 bits per heavy atom. The SMILES string of the molecule is CC1=C[CH+]CC(C)=C1. The third-order valence-electron chi connectivity index (χ3n) is 1.29. The molecule has 0 unspecified atom stereocenters. The van der Waals surface area contributed by atoms with E-state index in [4.69, 9.17) is 0 Å². The summed E-state index contributed by atoms with van der Waals surface area (Å²) in [6.45, 7) is 4.28. The van der Waals surface area contributed by atoms with E-state index in [1.165, 1.54) is 11.1 Å². The predicted octanol–water partition coefficient (Wildman–Crippen LogP) is 2.49. The van der Waals surface area contributed by atoms with Gasteiger partial charge in [-0.25, -0.2) is 0 Å². The van der Waals surface area contributed by atoms with Crippen molar-refractivity contribution in [3.63, 3.8) is 0 Å². The molecule has 0 spiro atoms. The van der Waals surface area contributed by atoms with Gasteiger partial charge in [0.1, 0.15) is 0 Å². The molecule has 0 saturated heterocycles. The highest BCUT2D eigenvalue weighted by Crippen LogP contribution is 2.14. The Bertz CT molecular complexity index is 138. The second-order valence-corrected chi connectivity index (χ2v) is 2.34. The summed E-state index contributed by atoms with van der Waals surface area (Å²) in [6.07, 6.45) is 7.72. The maximum Gasteiger partial charge on any atom is 0.0969 e. The minimum atomic E-state index is 1.14. The molecule has 0 fully saturated rings. The number of hydrogen-bond acceptors (Lipinski definition) is 0. The quantitative estimate of drug-likeness (QED) is 0.417. The molecule has 1 rings (SSSR count). The van der Waals surface area contributed by atoms with Crippen LogP contribution in [0, 0.1) is 6.42 Å². The minimum absolute atomic E-state index is 1.14. The van der Waals surface area contributed by atoms with Gasteiger partial charge in [0.25, 0.3) is 0 Å². The molecule has 0 bridgehead atoms. The highest BCUT2D eigenvalue weighted by molar-refractivity contribution is 5.29. The van der Waals surface area contributed by atoms with Crippen LogP contribution in [0.3, 0.4) is 0 Å². The molecule has 0 atom stereocenters. The van der Waals surface area contributed by atoms with Gasteiger partial charge in [-0.05, 0) is 12.5 Å². The van der Waals surface area contributed by atoms with Crippen molar-refractivity contribution in [3.8, 4) is 0 Å². The maximum absolute atomic E-state index is 2.22. The van der Waals surface area contributed by atoms with Crippen LogP contribution in [-0.2, 0) is 0 Å². The van der Waals surface area contributed by atoms with Crippen LogP contribution in [0.1, 0.15) is 20.3 Å². The topological polar surface area (TPSA) is 0 Å². The first-order valence-electron chi connectivity index (χ1n) is 2.96. The van der Waals surface area contributed by atoms with Gasteiger partial charge in [0.2, 0.25) is 0 Å². The molecule has 42 valence electrons. The van der Waals surface area contributed by atoms with Crippen molar-refractivity contribution in [1.29, 1.82) is 0 Å². The largest absolute Gasteiger partial charge is 0.0969 e. The zero-order chi connectivity index (χ0) is 5.98. The molecular formula is C8H11+. The van der Waals surface area contributed by atoms with Crippen LogP contribution in [0.2, 0.25) is 0 Å². The molecular weight excluding hydrogens is 96.1 g/mol. The van der Waals surface area contributed by atoms with Gasteiger partial charge < -0.3 is 0 Å². The lowest BCUT2D eigenvalue weighted by molar-refractivity contribution is 1.11. The van der Waals surface area contributed by atoms with Crippen molar-refractivity contribution < 1.29 is 0 Å². The summed E-state index contributed by atoms with van der Waals surface area (Å²) in [7, 11) is 0. The molecule has 0 aliphatic heterocycles. The van der Waals surface area contributed by atoms with E-state index in [0.29, 0.717) is 0 Å². The zero-order valence-electron chi connectivity index (χ0n) is 5.44. The first-order valence-corrected chi connectivity index (χ1v) is 2.96. The summed E-state index contributed by atoms with van der Waals surface area (Å²) in [6, 6.07) is 0. The molecule has 0 saturated carbocycles. The summed E-state index contributed by atoms with van der Waals surface area (Å²) >= 11 is 0. The van der Waals surface area contributed by atoms with Gasteiger partial charge in [-0.3, -0.25) is 0 Å². The molecule has 1 aliphatic carbocycles. The van der Waals surface area contributed by atoms with Crippen LogP contribution in [0.25, 0.3) is 0 Å². The summed E-state index contributed by atoms with van der Waals surface area (Å²) in [5, 5.41) is 0. The molecule has 0 aromatic carbocycles. The average Bonchev–Trinajstić information content (AvgIpc) is 1.64. The highest BCUT2D eigenvalue weighted by Gasteiger charge is 2.03. The molecule has 0 heterocycles. The second kappa shape index (κ2) is 2.08. The van der Waals surface area contributed by atoms with E-state index in [0.717, 1.165) is 6.42 Å². The van der Waals surface area contributed by atoms with Crippen LogP contribution >= 0.6 is 0 Å². The van der Waals surface area contributed by atoms with Gasteiger partial charge in [-0.1, -0.05) is 0 Å². The van der Waals surface area contributed by atoms with Crippen LogP contribution in [0.15, 0.2) is 23.3 Å². The molecule has 1 aliphatic rings. The van der Waals surface area contributed by atoms with Crippen molar-refractivity contribution in [2.75, 3.05) is 0 Å². The maximum atomic E-state index is 2.22. The van der Waals surface area contributed by atoms with Gasteiger partial charge in [-0.2, -0.15) is 0 Å². The number of allylic oxidation sites excluding steroid dienone is 4. The fourth-order valence-corrected chi connectivity index (χ4v) is 0.926. The number of rotatable bonds is 0. The van der Waals surface area contributed by atoms with Gasteiger partial charge >= 0.3 is 0 Å². The Morgan fingerprint density at radius 3 is 2.62 bits per heavy atom. The predicted molar refractivity (Wildman–Crippen MR) is 36.4 cm³/mol. The lowest BCUT2D eigenvalue weighted by Gasteiger charge is -1.96. The second-order valence-electron chi connectivity index (χ2n) is 2.34. The van der Waals surface area contributed by atoms with Crippen LogP contribution in [-0.4, -0.2) is 0 Å². The normalized spacial score (nSPS) is 18.8. The Labute approximate surface area is 50.9 Å². The molecule has 0 amide bonds. The van der Waals surface area contributed by atoms with Gasteiger partial charge in [0.15, 0.2) is 0 Å². The van der Waals surface area contributed by atoms with Crippen molar-refractivity contribution in [2.45, 2.75) is 20.3 Å². The Balaban J connectivity index is 2.69. The fraction of sp³-hybridized carbons (Fsp3) is 0.375. The van der Waals surface area contributed by atoms with Crippen molar-refractivity contribution in [2.24, 2.45) is 0 Å². The van der Waals surface area contributed by atoms with Crippen LogP contribution < -0.4 is 0 Å². The van der Waals surface area contributed by atoms with E-state index >= 15 is 0 Å². The van der Waals surface area contributed by atoms with E-state index in [1.807, 2.05) is 0 Å². The standard InChI is InChI=1S/C8H11/c1-7-4-3-5-8(2)6-7/h3-4,6H,5H2,1-2H3/q+1. The van der Waals surface area contributed by atoms with Crippen molar-refractivity contribution in [1.82, 2.24) is 0 Å². The average molecular weight is 107 g/mol. The minimum Gasteiger partial charge on any atom is -0.0397 e.